The number of aromatic nitrogens is 2. The van der Waals surface area contributed by atoms with Crippen LogP contribution in [-0.4, -0.2) is 16.7 Å². The van der Waals surface area contributed by atoms with E-state index in [2.05, 4.69) is 17.1 Å². The fourth-order valence-electron chi connectivity index (χ4n) is 3.82. The molecule has 0 amide bonds. The van der Waals surface area contributed by atoms with E-state index in [0.717, 1.165) is 36.4 Å². The molecule has 2 N–H and O–H groups in total. The smallest absolute Gasteiger partial charge is 0.231 e. The summed E-state index contributed by atoms with van der Waals surface area (Å²) in [6.45, 7) is 2.77. The first-order chi connectivity index (χ1) is 8.81. The van der Waals surface area contributed by atoms with Crippen LogP contribution in [0.4, 0.5) is 0 Å². The van der Waals surface area contributed by atoms with Gasteiger partial charge in [0.05, 0.1) is 5.92 Å². The molecule has 2 bridgehead atoms. The molecule has 1 aromatic rings. The van der Waals surface area contributed by atoms with Crippen LogP contribution in [0.5, 0.6) is 0 Å². The monoisotopic (exact) mass is 249 g/mol. The molecule has 2 saturated carbocycles. The van der Waals surface area contributed by atoms with Crippen molar-refractivity contribution < 1.29 is 4.52 Å². The molecule has 0 saturated heterocycles. The summed E-state index contributed by atoms with van der Waals surface area (Å²) in [4.78, 5) is 4.64. The molecule has 0 aliphatic heterocycles. The normalized spacial score (nSPS) is 32.0. The highest BCUT2D eigenvalue weighted by molar-refractivity contribution is 5.07. The van der Waals surface area contributed by atoms with Gasteiger partial charge in [0.25, 0.3) is 0 Å². The van der Waals surface area contributed by atoms with Crippen molar-refractivity contribution in [2.24, 2.45) is 17.6 Å². The van der Waals surface area contributed by atoms with Crippen LogP contribution in [0.15, 0.2) is 4.52 Å². The quantitative estimate of drug-likeness (QED) is 0.871. The lowest BCUT2D eigenvalue weighted by Crippen LogP contribution is -2.13. The maximum absolute atomic E-state index is 5.79. The van der Waals surface area contributed by atoms with Gasteiger partial charge in [0.1, 0.15) is 0 Å². The molecule has 4 atom stereocenters. The molecule has 2 aliphatic rings. The van der Waals surface area contributed by atoms with Crippen molar-refractivity contribution in [3.8, 4) is 0 Å². The molecular weight excluding hydrogens is 226 g/mol. The first kappa shape index (κ1) is 12.2. The minimum Gasteiger partial charge on any atom is -0.339 e. The van der Waals surface area contributed by atoms with Gasteiger partial charge in [0.2, 0.25) is 5.89 Å². The SMILES string of the molecule is CCCC(CN)c1nc(C2CC3CCC2C3)no1. The minimum atomic E-state index is 0.245. The fourth-order valence-corrected chi connectivity index (χ4v) is 3.82. The fraction of sp³-hybridized carbons (Fsp3) is 0.857. The first-order valence-corrected chi connectivity index (χ1v) is 7.35. The number of hydrogen-bond donors (Lipinski definition) is 1. The molecule has 4 nitrogen and oxygen atoms in total. The van der Waals surface area contributed by atoms with Gasteiger partial charge in [0.15, 0.2) is 5.82 Å². The molecule has 3 rings (SSSR count). The van der Waals surface area contributed by atoms with Crippen LogP contribution in [0, 0.1) is 11.8 Å². The Hall–Kier alpha value is -0.900. The lowest BCUT2D eigenvalue weighted by molar-refractivity contribution is 0.332. The Balaban J connectivity index is 1.73. The van der Waals surface area contributed by atoms with Crippen LogP contribution >= 0.6 is 0 Å². The van der Waals surface area contributed by atoms with Gasteiger partial charge < -0.3 is 10.3 Å². The van der Waals surface area contributed by atoms with Crippen LogP contribution in [0.2, 0.25) is 0 Å². The maximum Gasteiger partial charge on any atom is 0.231 e. The molecule has 0 spiro atoms. The molecule has 2 fully saturated rings. The average molecular weight is 249 g/mol. The molecule has 1 aromatic heterocycles. The first-order valence-electron chi connectivity index (χ1n) is 7.35. The molecule has 1 heterocycles. The van der Waals surface area contributed by atoms with Gasteiger partial charge in [-0.2, -0.15) is 4.98 Å². The molecule has 4 unspecified atom stereocenters. The Kier molecular flexibility index (Phi) is 3.37. The molecule has 0 aromatic carbocycles. The van der Waals surface area contributed by atoms with Crippen LogP contribution < -0.4 is 5.73 Å². The highest BCUT2D eigenvalue weighted by Crippen LogP contribution is 2.52. The topological polar surface area (TPSA) is 64.9 Å². The van der Waals surface area contributed by atoms with E-state index >= 15 is 0 Å². The largest absolute Gasteiger partial charge is 0.339 e. The van der Waals surface area contributed by atoms with Crippen molar-refractivity contribution in [1.29, 1.82) is 0 Å². The van der Waals surface area contributed by atoms with Gasteiger partial charge in [-0.1, -0.05) is 24.9 Å². The third-order valence-corrected chi connectivity index (χ3v) is 4.80. The highest BCUT2D eigenvalue weighted by Gasteiger charge is 2.42. The number of hydrogen-bond acceptors (Lipinski definition) is 4. The van der Waals surface area contributed by atoms with Crippen molar-refractivity contribution in [3.05, 3.63) is 11.7 Å². The van der Waals surface area contributed by atoms with Gasteiger partial charge >= 0.3 is 0 Å². The Morgan fingerprint density at radius 3 is 2.89 bits per heavy atom. The summed E-state index contributed by atoms with van der Waals surface area (Å²) in [6.07, 6.45) is 7.55. The second-order valence-corrected chi connectivity index (χ2v) is 5.99. The van der Waals surface area contributed by atoms with Crippen molar-refractivity contribution in [1.82, 2.24) is 10.1 Å². The third-order valence-electron chi connectivity index (χ3n) is 4.80. The maximum atomic E-state index is 5.79. The van der Waals surface area contributed by atoms with Crippen LogP contribution in [-0.2, 0) is 0 Å². The predicted octanol–water partition coefficient (Wildman–Crippen LogP) is 2.82. The van der Waals surface area contributed by atoms with E-state index in [9.17, 15) is 0 Å². The minimum absolute atomic E-state index is 0.245. The van der Waals surface area contributed by atoms with E-state index in [1.807, 2.05) is 0 Å². The summed E-state index contributed by atoms with van der Waals surface area (Å²) in [5.41, 5.74) is 5.79. The van der Waals surface area contributed by atoms with Gasteiger partial charge in [-0.05, 0) is 37.5 Å². The lowest BCUT2D eigenvalue weighted by atomic mass is 9.88. The average Bonchev–Trinajstić information content (AvgIpc) is 3.10. The van der Waals surface area contributed by atoms with Crippen molar-refractivity contribution in [3.63, 3.8) is 0 Å². The Morgan fingerprint density at radius 2 is 2.28 bits per heavy atom. The van der Waals surface area contributed by atoms with Crippen LogP contribution in [0.25, 0.3) is 0 Å². The van der Waals surface area contributed by atoms with Crippen molar-refractivity contribution in [2.75, 3.05) is 6.54 Å². The summed E-state index contributed by atoms with van der Waals surface area (Å²) in [7, 11) is 0. The van der Waals surface area contributed by atoms with E-state index < -0.39 is 0 Å². The summed E-state index contributed by atoms with van der Waals surface area (Å²) in [5.74, 6) is 4.24. The summed E-state index contributed by atoms with van der Waals surface area (Å²) >= 11 is 0. The zero-order valence-electron chi connectivity index (χ0n) is 11.1. The third kappa shape index (κ3) is 2.07. The Bertz CT molecular complexity index is 403. The van der Waals surface area contributed by atoms with E-state index in [0.29, 0.717) is 12.5 Å². The summed E-state index contributed by atoms with van der Waals surface area (Å²) < 4.78 is 5.45. The van der Waals surface area contributed by atoms with Crippen LogP contribution in [0.1, 0.15) is 69.0 Å². The van der Waals surface area contributed by atoms with Gasteiger partial charge in [-0.25, -0.2) is 0 Å². The second kappa shape index (κ2) is 5.00. The van der Waals surface area contributed by atoms with E-state index in [1.165, 1.54) is 25.7 Å². The van der Waals surface area contributed by atoms with Crippen molar-refractivity contribution in [2.45, 2.75) is 57.3 Å². The van der Waals surface area contributed by atoms with E-state index in [1.54, 1.807) is 0 Å². The van der Waals surface area contributed by atoms with Gasteiger partial charge in [0, 0.05) is 12.5 Å². The predicted molar refractivity (Wildman–Crippen MR) is 69.2 cm³/mol. The van der Waals surface area contributed by atoms with Crippen molar-refractivity contribution >= 4 is 0 Å². The number of nitrogens with zero attached hydrogens (tertiary/aromatic N) is 2. The van der Waals surface area contributed by atoms with E-state index in [-0.39, 0.29) is 5.92 Å². The zero-order chi connectivity index (χ0) is 12.5. The van der Waals surface area contributed by atoms with Crippen LogP contribution in [0.3, 0.4) is 0 Å². The highest BCUT2D eigenvalue weighted by atomic mass is 16.5. The molecule has 18 heavy (non-hydrogen) atoms. The molecule has 0 radical (unpaired) electrons. The standard InChI is InChI=1S/C14H23N3O/c1-2-3-11(8-15)14-16-13(17-18-14)12-7-9-4-5-10(12)6-9/h9-12H,2-8,15H2,1H3. The number of rotatable bonds is 5. The Labute approximate surface area is 108 Å². The summed E-state index contributed by atoms with van der Waals surface area (Å²) in [5, 5.41) is 4.23. The molecular formula is C14H23N3O. The van der Waals surface area contributed by atoms with E-state index in [4.69, 9.17) is 10.3 Å². The Morgan fingerprint density at radius 1 is 1.39 bits per heavy atom. The number of nitrogens with two attached hydrogens (primary N) is 1. The summed E-state index contributed by atoms with van der Waals surface area (Å²) in [6, 6.07) is 0. The second-order valence-electron chi connectivity index (χ2n) is 5.99. The molecule has 4 heteroatoms. The lowest BCUT2D eigenvalue weighted by Gasteiger charge is -2.17. The zero-order valence-corrected chi connectivity index (χ0v) is 11.1. The van der Waals surface area contributed by atoms with Gasteiger partial charge in [-0.15, -0.1) is 0 Å². The number of fused-ring (bicyclic) bond motifs is 2. The van der Waals surface area contributed by atoms with Gasteiger partial charge in [-0.3, -0.25) is 0 Å². The molecule has 2 aliphatic carbocycles. The molecule has 100 valence electrons.